The smallest absolute Gasteiger partial charge is 1.00 e. The maximum Gasteiger partial charge on any atom is 2.00 e. The summed E-state index contributed by atoms with van der Waals surface area (Å²) in [5.41, 5.74) is 0. The molecule has 0 spiro atoms. The Morgan fingerprint density at radius 3 is 2.33 bits per heavy atom. The Morgan fingerprint density at radius 2 is 2.22 bits per heavy atom. The molecule has 9 heavy (non-hydrogen) atoms. The largest absolute Gasteiger partial charge is 2.00 e. The van der Waals surface area contributed by atoms with Crippen LogP contribution >= 0.6 is 0 Å². The Bertz CT molecular complexity index is 168. The molecular formula is C3H8BaO4S. The summed E-state index contributed by atoms with van der Waals surface area (Å²) in [6.45, 7) is 2.97. The van der Waals surface area contributed by atoms with E-state index >= 15 is 0 Å². The summed E-state index contributed by atoms with van der Waals surface area (Å²) in [4.78, 5) is 0. The topological polar surface area (TPSA) is 63.6 Å². The maximum absolute atomic E-state index is 9.68. The number of hydrogen-bond acceptors (Lipinski definition) is 3. The molecule has 0 atom stereocenters. The Kier molecular flexibility index (Phi) is 8.45. The van der Waals surface area contributed by atoms with Crippen molar-refractivity contribution in [1.29, 1.82) is 0 Å². The molecule has 0 unspecified atom stereocenters. The van der Waals surface area contributed by atoms with Crippen LogP contribution in [0, 0.1) is 0 Å². The molecule has 0 amide bonds. The van der Waals surface area contributed by atoms with E-state index in [2.05, 4.69) is 10.8 Å². The molecule has 0 aliphatic rings. The van der Waals surface area contributed by atoms with E-state index in [9.17, 15) is 8.42 Å². The molecule has 0 bridgehead atoms. The third kappa shape index (κ3) is 12.4. The monoisotopic (exact) mass is 278 g/mol. The minimum Gasteiger partial charge on any atom is -1.00 e. The van der Waals surface area contributed by atoms with Gasteiger partial charge in [-0.05, 0) is 0 Å². The second-order valence-corrected chi connectivity index (χ2v) is 2.09. The molecule has 0 rings (SSSR count). The van der Waals surface area contributed by atoms with Crippen LogP contribution in [0.4, 0.5) is 0 Å². The van der Waals surface area contributed by atoms with Gasteiger partial charge in [-0.3, -0.25) is 4.55 Å². The van der Waals surface area contributed by atoms with E-state index in [0.29, 0.717) is 0 Å². The predicted octanol–water partition coefficient (Wildman–Crippen LogP) is -0.164. The molecule has 0 radical (unpaired) electrons. The summed E-state index contributed by atoms with van der Waals surface area (Å²) >= 11 is 0. The van der Waals surface area contributed by atoms with Crippen LogP contribution in [0.25, 0.3) is 0 Å². The zero-order chi connectivity index (χ0) is 6.62. The third-order valence-corrected chi connectivity index (χ3v) is 0.769. The second kappa shape index (κ2) is 5.93. The van der Waals surface area contributed by atoms with Crippen LogP contribution < -0.4 is 0 Å². The van der Waals surface area contributed by atoms with Gasteiger partial charge in [0.05, 0.1) is 6.61 Å². The summed E-state index contributed by atoms with van der Waals surface area (Å²) in [7, 11) is -4.26. The molecule has 0 heterocycles. The zero-order valence-corrected chi connectivity index (χ0v) is 10.0. The van der Waals surface area contributed by atoms with E-state index in [1.54, 1.807) is 0 Å². The van der Waals surface area contributed by atoms with Crippen LogP contribution in [-0.4, -0.2) is 68.5 Å². The fourth-order valence-corrected chi connectivity index (χ4v) is 0.402. The average Bonchev–Trinajstić information content (AvgIpc) is 1.59. The van der Waals surface area contributed by atoms with Crippen molar-refractivity contribution < 1.29 is 20.0 Å². The van der Waals surface area contributed by atoms with Gasteiger partial charge in [0.25, 0.3) is 0 Å². The Labute approximate surface area is 97.3 Å². The number of rotatable bonds is 3. The Morgan fingerprint density at radius 1 is 1.78 bits per heavy atom. The molecule has 0 aliphatic carbocycles. The van der Waals surface area contributed by atoms with Crippen molar-refractivity contribution in [2.24, 2.45) is 0 Å². The summed E-state index contributed by atoms with van der Waals surface area (Å²) < 4.78 is 31.0. The van der Waals surface area contributed by atoms with Crippen molar-refractivity contribution in [2.45, 2.75) is 0 Å². The Balaban J connectivity index is -0.0000000817. The van der Waals surface area contributed by atoms with Gasteiger partial charge >= 0.3 is 59.3 Å². The van der Waals surface area contributed by atoms with E-state index in [4.69, 9.17) is 4.55 Å². The first-order chi connectivity index (χ1) is 3.56. The standard InChI is InChI=1S/C3H6O4S.Ba.2H/c1-2-3-7-8(4,5)6;;;/h2H,1,3H2,(H,4,5,6);;;/q;+2;2*-1. The normalized spacial score (nSPS) is 9.89. The first-order valence-corrected chi connectivity index (χ1v) is 3.15. The van der Waals surface area contributed by atoms with E-state index in [1.807, 2.05) is 0 Å². The molecule has 0 saturated carbocycles. The van der Waals surface area contributed by atoms with E-state index in [1.165, 1.54) is 6.08 Å². The van der Waals surface area contributed by atoms with Gasteiger partial charge < -0.3 is 2.85 Å². The van der Waals surface area contributed by atoms with Gasteiger partial charge in [-0.1, -0.05) is 6.08 Å². The maximum atomic E-state index is 9.68. The van der Waals surface area contributed by atoms with E-state index in [-0.39, 0.29) is 58.3 Å². The fourth-order valence-electron chi connectivity index (χ4n) is 0.134. The fraction of sp³-hybridized carbons (Fsp3) is 0.333. The molecule has 6 heteroatoms. The summed E-state index contributed by atoms with van der Waals surface area (Å²) in [6, 6.07) is 0. The average molecular weight is 277 g/mol. The molecule has 0 saturated heterocycles. The molecular weight excluding hydrogens is 269 g/mol. The summed E-state index contributed by atoms with van der Waals surface area (Å²) in [5, 5.41) is 0. The van der Waals surface area contributed by atoms with E-state index < -0.39 is 10.4 Å². The molecule has 52 valence electrons. The quantitative estimate of drug-likeness (QED) is 0.442. The molecule has 0 aromatic carbocycles. The molecule has 0 fully saturated rings. The van der Waals surface area contributed by atoms with Gasteiger partial charge in [0.15, 0.2) is 0 Å². The second-order valence-electron chi connectivity index (χ2n) is 1.00. The van der Waals surface area contributed by atoms with Crippen molar-refractivity contribution in [3.63, 3.8) is 0 Å². The predicted molar refractivity (Wildman–Crippen MR) is 35.7 cm³/mol. The van der Waals surface area contributed by atoms with Crippen LogP contribution in [0.15, 0.2) is 12.7 Å². The molecule has 0 aromatic rings. The molecule has 4 nitrogen and oxygen atoms in total. The van der Waals surface area contributed by atoms with Crippen molar-refractivity contribution in [3.8, 4) is 0 Å². The van der Waals surface area contributed by atoms with Gasteiger partial charge in [-0.2, -0.15) is 8.42 Å². The van der Waals surface area contributed by atoms with Crippen LogP contribution in [0.3, 0.4) is 0 Å². The third-order valence-electron chi connectivity index (χ3n) is 0.335. The van der Waals surface area contributed by atoms with Crippen LogP contribution in [0.2, 0.25) is 0 Å². The van der Waals surface area contributed by atoms with Crippen LogP contribution in [-0.2, 0) is 14.6 Å². The van der Waals surface area contributed by atoms with Gasteiger partial charge in [-0.15, -0.1) is 6.58 Å². The SMILES string of the molecule is C=CCOS(=O)(=O)O.[Ba+2].[H-].[H-]. The van der Waals surface area contributed by atoms with E-state index in [0.717, 1.165) is 0 Å². The van der Waals surface area contributed by atoms with Crippen molar-refractivity contribution in [1.82, 2.24) is 0 Å². The Hall–Kier alpha value is 1.18. The van der Waals surface area contributed by atoms with Crippen LogP contribution in [0.5, 0.6) is 0 Å². The van der Waals surface area contributed by atoms with Gasteiger partial charge in [0, 0.05) is 0 Å². The zero-order valence-electron chi connectivity index (χ0n) is 6.78. The van der Waals surface area contributed by atoms with Gasteiger partial charge in [0.2, 0.25) is 0 Å². The molecule has 0 aliphatic heterocycles. The van der Waals surface area contributed by atoms with Crippen LogP contribution in [0.1, 0.15) is 2.85 Å². The van der Waals surface area contributed by atoms with Gasteiger partial charge in [-0.25, -0.2) is 4.18 Å². The van der Waals surface area contributed by atoms with Crippen molar-refractivity contribution in [2.75, 3.05) is 6.61 Å². The van der Waals surface area contributed by atoms with Crippen molar-refractivity contribution >= 4 is 59.3 Å². The van der Waals surface area contributed by atoms with Crippen molar-refractivity contribution in [3.05, 3.63) is 12.7 Å². The van der Waals surface area contributed by atoms with Gasteiger partial charge in [0.1, 0.15) is 0 Å². The molecule has 0 aromatic heterocycles. The summed E-state index contributed by atoms with van der Waals surface area (Å²) in [5.74, 6) is 0. The molecule has 1 N–H and O–H groups in total. The summed E-state index contributed by atoms with van der Waals surface area (Å²) in [6.07, 6.45) is 1.22. The first-order valence-electron chi connectivity index (χ1n) is 1.79. The minimum absolute atomic E-state index is 0. The first kappa shape index (κ1) is 12.8. The minimum atomic E-state index is -4.26. The number of hydrogen-bond donors (Lipinski definition) is 1.